The number of carbonyl (C=O) groups excluding carboxylic acids is 3. The van der Waals surface area contributed by atoms with Crippen LogP contribution in [-0.4, -0.2) is 65.4 Å². The minimum absolute atomic E-state index is 0. The first-order valence-electron chi connectivity index (χ1n) is 12.6. The fraction of sp³-hybridized carbons (Fsp3) is 0.0769. The maximum Gasteiger partial charge on any atom is 1.00 e. The van der Waals surface area contributed by atoms with E-state index in [-0.39, 0.29) is 127 Å². The molecule has 0 saturated carbocycles. The number of carbonyl (C=O) groups is 3. The van der Waals surface area contributed by atoms with Crippen molar-refractivity contribution in [1.29, 1.82) is 0 Å². The molecule has 4 aromatic rings. The van der Waals surface area contributed by atoms with Crippen LogP contribution in [0.5, 0.6) is 0 Å². The van der Waals surface area contributed by atoms with Crippen LogP contribution >= 0.6 is 23.2 Å². The summed E-state index contributed by atoms with van der Waals surface area (Å²) in [5, 5.41) is 25.6. The van der Waals surface area contributed by atoms with Crippen molar-refractivity contribution < 1.29 is 134 Å². The molecule has 0 saturated heterocycles. The number of nitrogens with one attached hydrogen (secondary N) is 1. The summed E-state index contributed by atoms with van der Waals surface area (Å²) in [6, 6.07) is 7.85. The number of azo groups is 1. The number of carboxylic acids is 1. The first-order chi connectivity index (χ1) is 21.9. The molecule has 1 aliphatic heterocycles. The molecule has 1 unspecified atom stereocenters. The van der Waals surface area contributed by atoms with E-state index in [0.29, 0.717) is 10.5 Å². The molecule has 5 rings (SSSR count). The van der Waals surface area contributed by atoms with Gasteiger partial charge in [0.1, 0.15) is 31.6 Å². The molecule has 0 radical (unpaired) electrons. The third-order valence-electron chi connectivity index (χ3n) is 6.42. The third kappa shape index (κ3) is 9.73. The molecule has 0 spiro atoms. The van der Waals surface area contributed by atoms with E-state index in [1.807, 2.05) is 0 Å². The van der Waals surface area contributed by atoms with Crippen LogP contribution in [-0.2, 0) is 29.8 Å². The predicted octanol–water partition coefficient (Wildman–Crippen LogP) is -7.08. The summed E-state index contributed by atoms with van der Waals surface area (Å²) in [6.45, 7) is 1.32. The Bertz CT molecular complexity index is 2330. The smallest absolute Gasteiger partial charge is 0.744 e. The van der Waals surface area contributed by atoms with E-state index in [1.165, 1.54) is 25.1 Å². The molecular formula is C26H14Cl2N7Na3O10S2. The molecule has 1 aliphatic rings. The summed E-state index contributed by atoms with van der Waals surface area (Å²) in [7, 11) is -10.1. The Labute approximate surface area is 359 Å². The second kappa shape index (κ2) is 17.3. The van der Waals surface area contributed by atoms with Crippen molar-refractivity contribution in [3.8, 4) is 0 Å². The number of amides is 2. The van der Waals surface area contributed by atoms with E-state index in [4.69, 9.17) is 23.2 Å². The van der Waals surface area contributed by atoms with Crippen LogP contribution in [0.25, 0.3) is 11.0 Å². The SMILES string of the molecule is Cc1cc(S(=O)(=O)[O-])ccc1N1N=C(C(=O)[O-])C(N=Nc2cc(NC(=O)c3ccc4nc(Cl)c(Cl)nc4c3)ccc2S(=O)(=O)[O-])C1=O.[Na+].[Na+].[Na+]. The zero-order chi connectivity index (χ0) is 34.4. The number of nitrogens with zero attached hydrogens (tertiary/aromatic N) is 6. The van der Waals surface area contributed by atoms with Gasteiger partial charge in [-0.2, -0.15) is 20.3 Å². The molecule has 1 N–H and O–H groups in total. The van der Waals surface area contributed by atoms with Gasteiger partial charge in [-0.05, 0) is 67.1 Å². The Morgan fingerprint density at radius 1 is 0.880 bits per heavy atom. The number of benzene rings is 3. The standard InChI is InChI=1S/C26H17Cl2N7O10S2.3Na/c1-11-8-14(46(40,41)42)4-6-18(11)35-25(37)20(21(34-35)26(38)39)33-32-17-10-13(3-7-19(17)47(43,44)45)29-24(36)12-2-5-15-16(9-12)31-23(28)22(27)30-15;;;/h2-10,20H,1H3,(H,29,36)(H,38,39)(H,40,41,42)(H,43,44,45);;;/q;3*+1/p-3. The number of carboxylic acid groups (broad SMARTS) is 1. The molecule has 3 aromatic carbocycles. The third-order valence-corrected chi connectivity index (χ3v) is 8.75. The number of hydrazone groups is 1. The van der Waals surface area contributed by atoms with E-state index in [1.54, 1.807) is 0 Å². The van der Waals surface area contributed by atoms with E-state index < -0.39 is 65.3 Å². The normalized spacial score (nSPS) is 14.4. The van der Waals surface area contributed by atoms with Crippen LogP contribution in [0.15, 0.2) is 79.7 Å². The van der Waals surface area contributed by atoms with Gasteiger partial charge in [0.2, 0.25) is 0 Å². The van der Waals surface area contributed by atoms with Crippen LogP contribution in [0.2, 0.25) is 10.3 Å². The first-order valence-corrected chi connectivity index (χ1v) is 16.2. The number of halogens is 2. The molecule has 17 nitrogen and oxygen atoms in total. The van der Waals surface area contributed by atoms with E-state index >= 15 is 0 Å². The van der Waals surface area contributed by atoms with Gasteiger partial charge in [-0.15, -0.1) is 0 Å². The summed E-state index contributed by atoms with van der Waals surface area (Å²) in [6.07, 6.45) is 0. The molecule has 2 amide bonds. The van der Waals surface area contributed by atoms with Crippen molar-refractivity contribution in [2.75, 3.05) is 10.3 Å². The Kier molecular flexibility index (Phi) is 15.3. The van der Waals surface area contributed by atoms with Crippen molar-refractivity contribution in [2.45, 2.75) is 22.8 Å². The summed E-state index contributed by atoms with van der Waals surface area (Å²) < 4.78 is 69.8. The van der Waals surface area contributed by atoms with Gasteiger partial charge in [0.25, 0.3) is 11.8 Å². The largest absolute Gasteiger partial charge is 1.00 e. The molecule has 0 bridgehead atoms. The number of aryl methyl sites for hydroxylation is 1. The summed E-state index contributed by atoms with van der Waals surface area (Å²) in [5.41, 5.74) is -1.16. The van der Waals surface area contributed by atoms with Crippen molar-refractivity contribution in [3.63, 3.8) is 0 Å². The minimum Gasteiger partial charge on any atom is -0.744 e. The summed E-state index contributed by atoms with van der Waals surface area (Å²) in [5.74, 6) is -3.81. The van der Waals surface area contributed by atoms with Crippen molar-refractivity contribution in [3.05, 3.63) is 76.0 Å². The molecule has 0 fully saturated rings. The molecule has 2 heterocycles. The molecule has 50 heavy (non-hydrogen) atoms. The summed E-state index contributed by atoms with van der Waals surface area (Å²) in [4.78, 5) is 44.5. The summed E-state index contributed by atoms with van der Waals surface area (Å²) >= 11 is 11.8. The Hall–Kier alpha value is -1.92. The molecule has 1 atom stereocenters. The van der Waals surface area contributed by atoms with Crippen LogP contribution in [0.4, 0.5) is 17.1 Å². The van der Waals surface area contributed by atoms with Gasteiger partial charge in [0.15, 0.2) is 16.3 Å². The second-order valence-corrected chi connectivity index (χ2v) is 13.0. The molecule has 1 aromatic heterocycles. The van der Waals surface area contributed by atoms with Crippen LogP contribution in [0.3, 0.4) is 0 Å². The molecule has 24 heteroatoms. The number of hydrogen-bond acceptors (Lipinski definition) is 15. The van der Waals surface area contributed by atoms with Gasteiger partial charge in [0, 0.05) is 11.3 Å². The quantitative estimate of drug-likeness (QED) is 0.0992. The van der Waals surface area contributed by atoms with Gasteiger partial charge in [0.05, 0.1) is 32.5 Å². The number of anilines is 2. The van der Waals surface area contributed by atoms with Gasteiger partial charge >= 0.3 is 88.7 Å². The predicted molar refractivity (Wildman–Crippen MR) is 159 cm³/mol. The number of aromatic nitrogens is 2. The van der Waals surface area contributed by atoms with Crippen LogP contribution in [0.1, 0.15) is 15.9 Å². The van der Waals surface area contributed by atoms with Gasteiger partial charge in [-0.1, -0.05) is 23.2 Å². The van der Waals surface area contributed by atoms with Gasteiger partial charge in [-0.3, -0.25) is 9.59 Å². The van der Waals surface area contributed by atoms with Gasteiger partial charge in [-0.25, -0.2) is 26.8 Å². The zero-order valence-corrected chi connectivity index (χ0v) is 35.3. The average molecular weight is 788 g/mol. The van der Waals surface area contributed by atoms with Crippen LogP contribution in [0, 0.1) is 6.92 Å². The molecular weight excluding hydrogens is 774 g/mol. The maximum absolute atomic E-state index is 13.2. The van der Waals surface area contributed by atoms with Crippen molar-refractivity contribution >= 4 is 95.0 Å². The van der Waals surface area contributed by atoms with Crippen LogP contribution < -0.4 is 104 Å². The second-order valence-electron chi connectivity index (χ2n) is 9.54. The average Bonchev–Trinajstić information content (AvgIpc) is 3.31. The molecule has 0 aliphatic carbocycles. The van der Waals surface area contributed by atoms with E-state index in [9.17, 15) is 45.4 Å². The Balaban J connectivity index is 0.00000289. The van der Waals surface area contributed by atoms with E-state index in [0.717, 1.165) is 36.4 Å². The number of fused-ring (bicyclic) bond motifs is 1. The zero-order valence-electron chi connectivity index (χ0n) is 26.1. The first kappa shape index (κ1) is 44.2. The van der Waals surface area contributed by atoms with Gasteiger partial charge < -0.3 is 24.3 Å². The number of aliphatic carboxylic acids is 1. The topological polar surface area (TPSA) is 267 Å². The monoisotopic (exact) mass is 787 g/mol. The Morgan fingerprint density at radius 2 is 1.52 bits per heavy atom. The Morgan fingerprint density at radius 3 is 2.10 bits per heavy atom. The maximum atomic E-state index is 13.2. The fourth-order valence-corrected chi connectivity index (χ4v) is 5.67. The molecule has 242 valence electrons. The van der Waals surface area contributed by atoms with Crippen molar-refractivity contribution in [2.24, 2.45) is 15.3 Å². The minimum atomic E-state index is -5.21. The number of rotatable bonds is 8. The number of hydrogen-bond donors (Lipinski definition) is 1. The van der Waals surface area contributed by atoms with Crippen molar-refractivity contribution in [1.82, 2.24) is 9.97 Å². The fourth-order valence-electron chi connectivity index (χ4n) is 4.26. The van der Waals surface area contributed by atoms with E-state index in [2.05, 4.69) is 30.6 Å².